The lowest BCUT2D eigenvalue weighted by atomic mass is 10.1. The van der Waals surface area contributed by atoms with Crippen molar-refractivity contribution in [2.24, 2.45) is 5.73 Å². The largest absolute Gasteiger partial charge is 0.397 e. The molecule has 0 amide bonds. The van der Waals surface area contributed by atoms with Crippen molar-refractivity contribution < 1.29 is 4.39 Å². The van der Waals surface area contributed by atoms with E-state index in [1.807, 2.05) is 11.4 Å². The highest BCUT2D eigenvalue weighted by Crippen LogP contribution is 2.29. The maximum absolute atomic E-state index is 13.8. The van der Waals surface area contributed by atoms with E-state index < -0.39 is 5.82 Å². The highest BCUT2D eigenvalue weighted by molar-refractivity contribution is 7.11. The maximum Gasteiger partial charge on any atom is 0.151 e. The summed E-state index contributed by atoms with van der Waals surface area (Å²) in [5.41, 5.74) is 6.37. The summed E-state index contributed by atoms with van der Waals surface area (Å²) in [5.74, 6) is -0.610. The Kier molecular flexibility index (Phi) is 3.66. The Bertz CT molecular complexity index is 642. The van der Waals surface area contributed by atoms with E-state index in [1.54, 1.807) is 18.2 Å². The van der Waals surface area contributed by atoms with Crippen molar-refractivity contribution in [3.63, 3.8) is 0 Å². The van der Waals surface area contributed by atoms with Crippen LogP contribution in [0.1, 0.15) is 10.4 Å². The van der Waals surface area contributed by atoms with Gasteiger partial charge in [-0.3, -0.25) is 0 Å². The van der Waals surface area contributed by atoms with Crippen LogP contribution in [0.5, 0.6) is 0 Å². The molecule has 0 atom stereocenters. The average Bonchev–Trinajstić information content (AvgIpc) is 2.87. The summed E-state index contributed by atoms with van der Waals surface area (Å²) < 4.78 is 13.8. The third-order valence-corrected chi connectivity index (χ3v) is 3.57. The van der Waals surface area contributed by atoms with Crippen LogP contribution >= 0.6 is 22.9 Å². The quantitative estimate of drug-likeness (QED) is 0.847. The van der Waals surface area contributed by atoms with Crippen LogP contribution in [0.3, 0.4) is 0 Å². The zero-order valence-electron chi connectivity index (χ0n) is 9.15. The minimum absolute atomic E-state index is 0.0149. The van der Waals surface area contributed by atoms with Crippen molar-refractivity contribution in [3.8, 4) is 6.07 Å². The van der Waals surface area contributed by atoms with E-state index in [-0.39, 0.29) is 21.9 Å². The van der Waals surface area contributed by atoms with Crippen LogP contribution in [0.25, 0.3) is 11.3 Å². The molecule has 5 heteroatoms. The minimum atomic E-state index is -0.610. The highest BCUT2D eigenvalue weighted by Gasteiger charge is 2.14. The van der Waals surface area contributed by atoms with E-state index in [4.69, 9.17) is 22.6 Å². The SMILES string of the molecule is N#C/C(=C(/N)c1cccc(Cl)c1F)c1cccs1. The minimum Gasteiger partial charge on any atom is -0.397 e. The van der Waals surface area contributed by atoms with E-state index in [2.05, 4.69) is 0 Å². The van der Waals surface area contributed by atoms with Gasteiger partial charge < -0.3 is 5.73 Å². The first-order chi connectivity index (χ1) is 8.65. The second-order valence-electron chi connectivity index (χ2n) is 3.48. The van der Waals surface area contributed by atoms with E-state index in [9.17, 15) is 4.39 Å². The van der Waals surface area contributed by atoms with E-state index in [0.717, 1.165) is 0 Å². The van der Waals surface area contributed by atoms with Crippen LogP contribution in [0.4, 0.5) is 4.39 Å². The number of benzene rings is 1. The monoisotopic (exact) mass is 278 g/mol. The third-order valence-electron chi connectivity index (χ3n) is 2.39. The zero-order chi connectivity index (χ0) is 13.1. The summed E-state index contributed by atoms with van der Waals surface area (Å²) in [7, 11) is 0. The van der Waals surface area contributed by atoms with Gasteiger partial charge in [0.15, 0.2) is 5.82 Å². The lowest BCUT2D eigenvalue weighted by molar-refractivity contribution is 0.624. The molecule has 1 aromatic carbocycles. The molecular weight excluding hydrogens is 271 g/mol. The van der Waals surface area contributed by atoms with Crippen molar-refractivity contribution in [2.75, 3.05) is 0 Å². The highest BCUT2D eigenvalue weighted by atomic mass is 35.5. The Balaban J connectivity index is 2.62. The Morgan fingerprint density at radius 3 is 2.72 bits per heavy atom. The van der Waals surface area contributed by atoms with Gasteiger partial charge in [-0.05, 0) is 23.6 Å². The number of halogens is 2. The molecule has 0 unspecified atom stereocenters. The van der Waals surface area contributed by atoms with Crippen LogP contribution in [-0.4, -0.2) is 0 Å². The summed E-state index contributed by atoms with van der Waals surface area (Å²) in [6, 6.07) is 10.1. The van der Waals surface area contributed by atoms with Gasteiger partial charge in [0.05, 0.1) is 16.3 Å². The molecule has 2 rings (SSSR count). The number of rotatable bonds is 2. The smallest absolute Gasteiger partial charge is 0.151 e. The van der Waals surface area contributed by atoms with Crippen molar-refractivity contribution in [3.05, 3.63) is 57.0 Å². The van der Waals surface area contributed by atoms with Crippen LogP contribution < -0.4 is 5.73 Å². The molecule has 0 bridgehead atoms. The van der Waals surface area contributed by atoms with Gasteiger partial charge in [0.1, 0.15) is 6.07 Å². The molecule has 0 aliphatic heterocycles. The van der Waals surface area contributed by atoms with Gasteiger partial charge in [-0.2, -0.15) is 5.26 Å². The molecule has 0 radical (unpaired) electrons. The zero-order valence-corrected chi connectivity index (χ0v) is 10.7. The van der Waals surface area contributed by atoms with Gasteiger partial charge >= 0.3 is 0 Å². The number of nitriles is 1. The molecule has 0 saturated heterocycles. The Morgan fingerprint density at radius 2 is 2.11 bits per heavy atom. The molecule has 0 saturated carbocycles. The fourth-order valence-corrected chi connectivity index (χ4v) is 2.42. The molecule has 2 aromatic rings. The first kappa shape index (κ1) is 12.6. The molecular formula is C13H8ClFN2S. The standard InChI is InChI=1S/C13H8ClFN2S/c14-10-4-1-3-8(12(10)15)13(17)9(7-16)11-5-2-6-18-11/h1-6H,17H2/b13-9-. The molecule has 2 N–H and O–H groups in total. The van der Waals surface area contributed by atoms with Crippen molar-refractivity contribution in [1.29, 1.82) is 5.26 Å². The average molecular weight is 279 g/mol. The number of thiophene rings is 1. The molecule has 0 spiro atoms. The number of hydrogen-bond acceptors (Lipinski definition) is 3. The lowest BCUT2D eigenvalue weighted by Gasteiger charge is -2.06. The molecule has 1 aromatic heterocycles. The van der Waals surface area contributed by atoms with Crippen molar-refractivity contribution in [2.45, 2.75) is 0 Å². The Labute approximate surface area is 113 Å². The second kappa shape index (κ2) is 5.21. The van der Waals surface area contributed by atoms with Gasteiger partial charge in [0, 0.05) is 10.4 Å². The Morgan fingerprint density at radius 1 is 1.33 bits per heavy atom. The number of nitrogens with zero attached hydrogens (tertiary/aromatic N) is 1. The van der Waals surface area contributed by atoms with Gasteiger partial charge in [0.2, 0.25) is 0 Å². The van der Waals surface area contributed by atoms with Crippen LogP contribution in [0, 0.1) is 17.1 Å². The summed E-state index contributed by atoms with van der Waals surface area (Å²) in [5, 5.41) is 11.0. The third kappa shape index (κ3) is 2.23. The fourth-order valence-electron chi connectivity index (χ4n) is 1.52. The van der Waals surface area contributed by atoms with Crippen LogP contribution in [0.2, 0.25) is 5.02 Å². The first-order valence-electron chi connectivity index (χ1n) is 5.03. The molecule has 2 nitrogen and oxygen atoms in total. The molecule has 0 aliphatic rings. The normalized spacial score (nSPS) is 11.8. The number of nitrogens with two attached hydrogens (primary N) is 1. The van der Waals surface area contributed by atoms with Gasteiger partial charge in [0.25, 0.3) is 0 Å². The Hall–Kier alpha value is -1.83. The maximum atomic E-state index is 13.8. The van der Waals surface area contributed by atoms with E-state index in [0.29, 0.717) is 4.88 Å². The number of allylic oxidation sites excluding steroid dienone is 1. The second-order valence-corrected chi connectivity index (χ2v) is 4.83. The molecule has 0 aliphatic carbocycles. The molecule has 90 valence electrons. The number of hydrogen-bond donors (Lipinski definition) is 1. The van der Waals surface area contributed by atoms with Gasteiger partial charge in [-0.1, -0.05) is 23.7 Å². The first-order valence-corrected chi connectivity index (χ1v) is 6.29. The van der Waals surface area contributed by atoms with E-state index >= 15 is 0 Å². The molecule has 1 heterocycles. The van der Waals surface area contributed by atoms with Crippen molar-refractivity contribution >= 4 is 34.2 Å². The summed E-state index contributed by atoms with van der Waals surface area (Å²) in [6.07, 6.45) is 0. The van der Waals surface area contributed by atoms with Crippen LogP contribution in [0.15, 0.2) is 35.7 Å². The van der Waals surface area contributed by atoms with Gasteiger partial charge in [-0.15, -0.1) is 11.3 Å². The lowest BCUT2D eigenvalue weighted by Crippen LogP contribution is -2.02. The molecule has 0 fully saturated rings. The predicted octanol–water partition coefficient (Wildman–Crippen LogP) is 3.89. The van der Waals surface area contributed by atoms with E-state index in [1.165, 1.54) is 23.5 Å². The molecule has 18 heavy (non-hydrogen) atoms. The van der Waals surface area contributed by atoms with Crippen molar-refractivity contribution in [1.82, 2.24) is 0 Å². The predicted molar refractivity (Wildman–Crippen MR) is 72.3 cm³/mol. The summed E-state index contributed by atoms with van der Waals surface area (Å²) in [6.45, 7) is 0. The fraction of sp³-hybridized carbons (Fsp3) is 0. The topological polar surface area (TPSA) is 49.8 Å². The summed E-state index contributed by atoms with van der Waals surface area (Å²) in [4.78, 5) is 0.703. The van der Waals surface area contributed by atoms with Gasteiger partial charge in [-0.25, -0.2) is 4.39 Å². The summed E-state index contributed by atoms with van der Waals surface area (Å²) >= 11 is 7.07. The van der Waals surface area contributed by atoms with Crippen LogP contribution in [-0.2, 0) is 0 Å².